The van der Waals surface area contributed by atoms with Gasteiger partial charge in [-0.3, -0.25) is 4.79 Å². The summed E-state index contributed by atoms with van der Waals surface area (Å²) in [5, 5.41) is 27.2. The summed E-state index contributed by atoms with van der Waals surface area (Å²) in [5.74, 6) is 9.40. The predicted octanol–water partition coefficient (Wildman–Crippen LogP) is 2.27. The molecule has 0 heterocycles. The summed E-state index contributed by atoms with van der Waals surface area (Å²) in [7, 11) is 0. The smallest absolute Gasteiger partial charge is 0.303 e. The molecule has 0 bridgehead atoms. The monoisotopic (exact) mass is 304 g/mol. The fourth-order valence-corrected chi connectivity index (χ4v) is 1.66. The largest absolute Gasteiger partial charge is 0.481 e. The second kappa shape index (κ2) is 13.9. The number of unbranched alkanes of at least 4 members (excludes halogenated alkanes) is 4. The molecule has 0 aromatic rings. The molecule has 0 aliphatic rings. The second-order valence-electron chi connectivity index (χ2n) is 4.85. The average molecular weight is 304 g/mol. The number of rotatable bonds is 10. The lowest BCUT2D eigenvalue weighted by Crippen LogP contribution is -2.01. The zero-order valence-corrected chi connectivity index (χ0v) is 12.8. The molecule has 0 aromatic carbocycles. The fourth-order valence-electron chi connectivity index (χ4n) is 1.66. The number of carboxylic acids is 1. The van der Waals surface area contributed by atoms with Crippen LogP contribution in [0.4, 0.5) is 0 Å². The maximum atomic E-state index is 10.3. The van der Waals surface area contributed by atoms with Crippen molar-refractivity contribution in [3.63, 3.8) is 0 Å². The number of hydrogen-bond acceptors (Lipinski definition) is 3. The molecule has 0 amide bonds. The maximum absolute atomic E-state index is 10.3. The van der Waals surface area contributed by atoms with E-state index in [1.54, 1.807) is 12.2 Å². The van der Waals surface area contributed by atoms with Crippen LogP contribution in [0.1, 0.15) is 44.9 Å². The molecule has 3 N–H and O–H groups in total. The van der Waals surface area contributed by atoms with E-state index in [0.717, 1.165) is 32.1 Å². The van der Waals surface area contributed by atoms with Crippen LogP contribution in [0, 0.1) is 23.7 Å². The number of carbonyl (C=O) groups is 1. The Morgan fingerprint density at radius 3 is 2.45 bits per heavy atom. The van der Waals surface area contributed by atoms with Gasteiger partial charge in [0.25, 0.3) is 0 Å². The molecular formula is C18H24O4. The first-order valence-corrected chi connectivity index (χ1v) is 7.44. The molecule has 0 spiro atoms. The lowest BCUT2D eigenvalue weighted by Gasteiger charge is -2.04. The van der Waals surface area contributed by atoms with E-state index in [4.69, 9.17) is 10.2 Å². The Morgan fingerprint density at radius 2 is 1.77 bits per heavy atom. The summed E-state index contributed by atoms with van der Waals surface area (Å²) >= 11 is 0. The van der Waals surface area contributed by atoms with Gasteiger partial charge in [0, 0.05) is 6.42 Å². The van der Waals surface area contributed by atoms with Gasteiger partial charge in [-0.2, -0.15) is 0 Å². The topological polar surface area (TPSA) is 77.8 Å². The normalized spacial score (nSPS) is 12.6. The van der Waals surface area contributed by atoms with Gasteiger partial charge in [-0.25, -0.2) is 0 Å². The quantitative estimate of drug-likeness (QED) is 0.329. The molecule has 4 nitrogen and oxygen atoms in total. The minimum atomic E-state index is -0.862. The minimum Gasteiger partial charge on any atom is -0.481 e. The molecule has 0 aliphatic heterocycles. The summed E-state index contributed by atoms with van der Waals surface area (Å²) in [5.41, 5.74) is 0. The standard InChI is InChI=1S/C18H24O4/c1-2-16(19)12-8-6-7-10-14-17(20)13-9-4-3-5-11-15-18(21)22/h2,10,14,16-17,19-20H,1,3-5,9,11,13,15H2,(H,21,22)/b14-10+/t16-,17?/m0/s1. The first kappa shape index (κ1) is 20.0. The lowest BCUT2D eigenvalue weighted by atomic mass is 10.1. The second-order valence-corrected chi connectivity index (χ2v) is 4.85. The van der Waals surface area contributed by atoms with E-state index in [1.807, 2.05) is 0 Å². The molecular weight excluding hydrogens is 280 g/mol. The molecule has 4 heteroatoms. The Labute approximate surface area is 132 Å². The lowest BCUT2D eigenvalue weighted by molar-refractivity contribution is -0.137. The predicted molar refractivity (Wildman–Crippen MR) is 86.9 cm³/mol. The highest BCUT2D eigenvalue weighted by molar-refractivity contribution is 5.66. The fraction of sp³-hybridized carbons (Fsp3) is 0.500. The van der Waals surface area contributed by atoms with Crippen molar-refractivity contribution >= 4 is 5.97 Å². The van der Waals surface area contributed by atoms with E-state index in [0.29, 0.717) is 6.42 Å². The molecule has 0 aliphatic carbocycles. The third-order valence-electron chi connectivity index (χ3n) is 2.87. The van der Waals surface area contributed by atoms with Crippen LogP contribution in [-0.4, -0.2) is 33.5 Å². The van der Waals surface area contributed by atoms with Gasteiger partial charge in [0.2, 0.25) is 0 Å². The van der Waals surface area contributed by atoms with Crippen molar-refractivity contribution in [1.82, 2.24) is 0 Å². The van der Waals surface area contributed by atoms with Crippen LogP contribution in [-0.2, 0) is 4.79 Å². The molecule has 0 fully saturated rings. The van der Waals surface area contributed by atoms with Crippen molar-refractivity contribution in [1.29, 1.82) is 0 Å². The van der Waals surface area contributed by atoms with Crippen LogP contribution >= 0.6 is 0 Å². The highest BCUT2D eigenvalue weighted by Crippen LogP contribution is 2.09. The van der Waals surface area contributed by atoms with E-state index in [2.05, 4.69) is 30.3 Å². The average Bonchev–Trinajstić information content (AvgIpc) is 2.49. The zero-order valence-electron chi connectivity index (χ0n) is 12.8. The summed E-state index contributed by atoms with van der Waals surface area (Å²) in [4.78, 5) is 10.3. The number of carboxylic acid groups (broad SMARTS) is 1. The van der Waals surface area contributed by atoms with Crippen molar-refractivity contribution in [2.75, 3.05) is 0 Å². The Morgan fingerprint density at radius 1 is 1.09 bits per heavy atom. The highest BCUT2D eigenvalue weighted by Gasteiger charge is 1.99. The number of hydrogen-bond donors (Lipinski definition) is 3. The van der Waals surface area contributed by atoms with Crippen molar-refractivity contribution in [3.8, 4) is 23.7 Å². The van der Waals surface area contributed by atoms with Crippen LogP contribution in [0.5, 0.6) is 0 Å². The van der Waals surface area contributed by atoms with Crippen LogP contribution in [0.2, 0.25) is 0 Å². The van der Waals surface area contributed by atoms with Gasteiger partial charge in [-0.15, -0.1) is 0 Å². The summed E-state index contributed by atoms with van der Waals surface area (Å²) in [6, 6.07) is 0. The van der Waals surface area contributed by atoms with E-state index in [1.165, 1.54) is 6.08 Å². The van der Waals surface area contributed by atoms with Gasteiger partial charge < -0.3 is 15.3 Å². The van der Waals surface area contributed by atoms with Crippen LogP contribution in [0.25, 0.3) is 0 Å². The Hall–Kier alpha value is -2.01. The van der Waals surface area contributed by atoms with Gasteiger partial charge in [0.15, 0.2) is 0 Å². The van der Waals surface area contributed by atoms with Crippen molar-refractivity contribution in [3.05, 3.63) is 24.8 Å². The van der Waals surface area contributed by atoms with Gasteiger partial charge in [-0.05, 0) is 36.8 Å². The maximum Gasteiger partial charge on any atom is 0.303 e. The van der Waals surface area contributed by atoms with E-state index in [9.17, 15) is 9.90 Å². The molecule has 0 saturated heterocycles. The number of aliphatic hydroxyl groups is 2. The van der Waals surface area contributed by atoms with Crippen molar-refractivity contribution in [2.24, 2.45) is 0 Å². The Bertz CT molecular complexity index is 471. The molecule has 0 radical (unpaired) electrons. The SMILES string of the molecule is C=C[C@H](O)C#CC#C/C=C/C(O)CCCCCCCC(=O)O. The first-order chi connectivity index (χ1) is 10.6. The zero-order chi connectivity index (χ0) is 16.6. The molecule has 0 aromatic heterocycles. The van der Waals surface area contributed by atoms with Crippen molar-refractivity contribution in [2.45, 2.75) is 57.2 Å². The molecule has 1 unspecified atom stereocenters. The van der Waals surface area contributed by atoms with E-state index >= 15 is 0 Å². The van der Waals surface area contributed by atoms with Gasteiger partial charge in [0.05, 0.1) is 6.10 Å². The molecule has 0 rings (SSSR count). The van der Waals surface area contributed by atoms with Crippen LogP contribution in [0.15, 0.2) is 24.8 Å². The summed E-state index contributed by atoms with van der Waals surface area (Å²) in [6.45, 7) is 3.38. The summed E-state index contributed by atoms with van der Waals surface area (Å²) in [6.07, 6.45) is 8.50. The van der Waals surface area contributed by atoms with Gasteiger partial charge >= 0.3 is 5.97 Å². The molecule has 0 saturated carbocycles. The number of allylic oxidation sites excluding steroid dienone is 1. The highest BCUT2D eigenvalue weighted by atomic mass is 16.4. The third kappa shape index (κ3) is 14.4. The number of aliphatic hydroxyl groups excluding tert-OH is 2. The molecule has 2 atom stereocenters. The molecule has 120 valence electrons. The van der Waals surface area contributed by atoms with E-state index in [-0.39, 0.29) is 6.42 Å². The van der Waals surface area contributed by atoms with E-state index < -0.39 is 18.2 Å². The van der Waals surface area contributed by atoms with Crippen LogP contribution in [0.3, 0.4) is 0 Å². The van der Waals surface area contributed by atoms with Crippen molar-refractivity contribution < 1.29 is 20.1 Å². The minimum absolute atomic E-state index is 0.233. The third-order valence-corrected chi connectivity index (χ3v) is 2.87. The Kier molecular flexibility index (Phi) is 12.7. The van der Waals surface area contributed by atoms with Crippen LogP contribution < -0.4 is 0 Å². The first-order valence-electron chi connectivity index (χ1n) is 7.44. The van der Waals surface area contributed by atoms with Gasteiger partial charge in [0.1, 0.15) is 6.10 Å². The van der Waals surface area contributed by atoms with Gasteiger partial charge in [-0.1, -0.05) is 50.2 Å². The summed E-state index contributed by atoms with van der Waals surface area (Å²) < 4.78 is 0. The molecule has 22 heavy (non-hydrogen) atoms. The number of aliphatic carboxylic acids is 1. The Balaban J connectivity index is 3.68.